The van der Waals surface area contributed by atoms with Crippen molar-refractivity contribution in [2.45, 2.75) is 40.0 Å². The molecule has 1 saturated heterocycles. The van der Waals surface area contributed by atoms with Gasteiger partial charge in [0.05, 0.1) is 17.0 Å². The van der Waals surface area contributed by atoms with E-state index in [9.17, 15) is 4.79 Å². The summed E-state index contributed by atoms with van der Waals surface area (Å²) in [6.07, 6.45) is 5.39. The second kappa shape index (κ2) is 6.60. The summed E-state index contributed by atoms with van der Waals surface area (Å²) in [5, 5.41) is 0. The van der Waals surface area contributed by atoms with Crippen LogP contribution >= 0.6 is 0 Å². The largest absolute Gasteiger partial charge is 0.339 e. The Bertz CT molecular complexity index is 980. The van der Waals surface area contributed by atoms with Gasteiger partial charge in [-0.05, 0) is 63.8 Å². The lowest BCUT2D eigenvalue weighted by atomic mass is 10.0. The molecule has 4 heteroatoms. The number of nitrogens with zero attached hydrogens (tertiary/aromatic N) is 3. The number of pyridine rings is 1. The van der Waals surface area contributed by atoms with Gasteiger partial charge in [-0.25, -0.2) is 4.98 Å². The zero-order valence-electron chi connectivity index (χ0n) is 15.7. The Morgan fingerprint density at radius 1 is 1.00 bits per heavy atom. The quantitative estimate of drug-likeness (QED) is 0.682. The summed E-state index contributed by atoms with van der Waals surface area (Å²) in [5.41, 5.74) is 7.30. The lowest BCUT2D eigenvalue weighted by Crippen LogP contribution is -2.35. The lowest BCUT2D eigenvalue weighted by molar-refractivity contribution is 0.0724. The van der Waals surface area contributed by atoms with Gasteiger partial charge in [0.25, 0.3) is 5.91 Å². The molecule has 0 radical (unpaired) electrons. The first kappa shape index (κ1) is 16.8. The number of aromatic nitrogens is 2. The van der Waals surface area contributed by atoms with Gasteiger partial charge in [-0.1, -0.05) is 17.7 Å². The number of imidazole rings is 1. The summed E-state index contributed by atoms with van der Waals surface area (Å²) in [6, 6.07) is 10.3. The van der Waals surface area contributed by atoms with Crippen LogP contribution in [-0.4, -0.2) is 33.3 Å². The normalized spacial score (nSPS) is 14.8. The van der Waals surface area contributed by atoms with Gasteiger partial charge in [-0.2, -0.15) is 0 Å². The number of benzene rings is 1. The smallest absolute Gasteiger partial charge is 0.255 e. The van der Waals surface area contributed by atoms with E-state index in [1.165, 1.54) is 23.1 Å². The number of rotatable bonds is 2. The Labute approximate surface area is 154 Å². The summed E-state index contributed by atoms with van der Waals surface area (Å²) in [6.45, 7) is 7.99. The van der Waals surface area contributed by atoms with Crippen LogP contribution in [-0.2, 0) is 0 Å². The van der Waals surface area contributed by atoms with E-state index in [1.54, 1.807) is 0 Å². The number of fused-ring (bicyclic) bond motifs is 1. The first-order chi connectivity index (χ1) is 12.5. The van der Waals surface area contributed by atoms with Crippen molar-refractivity contribution >= 4 is 11.6 Å². The van der Waals surface area contributed by atoms with Crippen LogP contribution in [0, 0.1) is 20.8 Å². The second-order valence-corrected chi connectivity index (χ2v) is 7.36. The maximum absolute atomic E-state index is 12.9. The SMILES string of the molecule is Cc1ccc(C)c(-c2c(C)nc3ccc(C(=O)N4CCCCC4)cn23)c1. The molecule has 0 spiro atoms. The van der Waals surface area contributed by atoms with Crippen LogP contribution in [0.1, 0.15) is 46.4 Å². The molecule has 1 fully saturated rings. The van der Waals surface area contributed by atoms with Crippen molar-refractivity contribution in [2.75, 3.05) is 13.1 Å². The molecular weight excluding hydrogens is 322 g/mol. The Kier molecular flexibility index (Phi) is 4.27. The number of hydrogen-bond donors (Lipinski definition) is 0. The van der Waals surface area contributed by atoms with Crippen molar-refractivity contribution in [1.29, 1.82) is 0 Å². The zero-order chi connectivity index (χ0) is 18.3. The standard InChI is InChI=1S/C22H25N3O/c1-15-7-8-16(2)19(13-15)21-17(3)23-20-10-9-18(14-25(20)21)22(26)24-11-5-4-6-12-24/h7-10,13-14H,4-6,11-12H2,1-3H3. The zero-order valence-corrected chi connectivity index (χ0v) is 15.7. The molecule has 0 atom stereocenters. The van der Waals surface area contributed by atoms with Gasteiger partial charge in [-0.3, -0.25) is 9.20 Å². The van der Waals surface area contributed by atoms with Crippen LogP contribution in [0.15, 0.2) is 36.5 Å². The highest BCUT2D eigenvalue weighted by atomic mass is 16.2. The van der Waals surface area contributed by atoms with Gasteiger partial charge in [0, 0.05) is 24.8 Å². The minimum atomic E-state index is 0.130. The molecule has 1 aliphatic rings. The van der Waals surface area contributed by atoms with E-state index in [0.29, 0.717) is 0 Å². The van der Waals surface area contributed by atoms with Gasteiger partial charge in [0.2, 0.25) is 0 Å². The summed E-state index contributed by atoms with van der Waals surface area (Å²) in [7, 11) is 0. The predicted molar refractivity (Wildman–Crippen MR) is 105 cm³/mol. The van der Waals surface area contributed by atoms with Crippen LogP contribution in [0.2, 0.25) is 0 Å². The molecule has 3 aromatic rings. The fourth-order valence-corrected chi connectivity index (χ4v) is 3.88. The molecule has 1 amide bonds. The highest BCUT2D eigenvalue weighted by Crippen LogP contribution is 2.29. The lowest BCUT2D eigenvalue weighted by Gasteiger charge is -2.26. The minimum absolute atomic E-state index is 0.130. The van der Waals surface area contributed by atoms with Crippen molar-refractivity contribution in [3.63, 3.8) is 0 Å². The molecule has 0 N–H and O–H groups in total. The van der Waals surface area contributed by atoms with Crippen molar-refractivity contribution in [3.05, 3.63) is 58.9 Å². The van der Waals surface area contributed by atoms with Gasteiger partial charge in [0.1, 0.15) is 5.65 Å². The molecule has 0 bridgehead atoms. The molecule has 0 aliphatic carbocycles. The molecular formula is C22H25N3O. The van der Waals surface area contributed by atoms with E-state index >= 15 is 0 Å². The number of carbonyl (C=O) groups excluding carboxylic acids is 1. The maximum Gasteiger partial charge on any atom is 0.255 e. The van der Waals surface area contributed by atoms with E-state index < -0.39 is 0 Å². The van der Waals surface area contributed by atoms with Gasteiger partial charge >= 0.3 is 0 Å². The van der Waals surface area contributed by atoms with E-state index in [4.69, 9.17) is 4.98 Å². The Morgan fingerprint density at radius 3 is 2.54 bits per heavy atom. The highest BCUT2D eigenvalue weighted by molar-refractivity contribution is 5.94. The van der Waals surface area contributed by atoms with Gasteiger partial charge in [-0.15, -0.1) is 0 Å². The van der Waals surface area contributed by atoms with Gasteiger partial charge < -0.3 is 4.90 Å². The Hall–Kier alpha value is -2.62. The van der Waals surface area contributed by atoms with Crippen molar-refractivity contribution in [3.8, 4) is 11.3 Å². The molecule has 26 heavy (non-hydrogen) atoms. The number of carbonyl (C=O) groups is 1. The average Bonchev–Trinajstić information content (AvgIpc) is 2.98. The van der Waals surface area contributed by atoms with Crippen molar-refractivity contribution in [2.24, 2.45) is 0 Å². The van der Waals surface area contributed by atoms with E-state index in [1.807, 2.05) is 30.2 Å². The summed E-state index contributed by atoms with van der Waals surface area (Å²) < 4.78 is 2.08. The molecule has 1 aromatic carbocycles. The van der Waals surface area contributed by atoms with E-state index in [2.05, 4.69) is 36.4 Å². The third kappa shape index (κ3) is 2.90. The third-order valence-electron chi connectivity index (χ3n) is 5.33. The molecule has 134 valence electrons. The van der Waals surface area contributed by atoms with Gasteiger partial charge in [0.15, 0.2) is 0 Å². The van der Waals surface area contributed by atoms with Crippen LogP contribution in [0.4, 0.5) is 0 Å². The van der Waals surface area contributed by atoms with Crippen LogP contribution in [0.25, 0.3) is 16.9 Å². The topological polar surface area (TPSA) is 37.6 Å². The molecule has 4 rings (SSSR count). The predicted octanol–water partition coefficient (Wildman–Crippen LogP) is 4.55. The number of amides is 1. The van der Waals surface area contributed by atoms with E-state index in [-0.39, 0.29) is 5.91 Å². The molecule has 1 aliphatic heterocycles. The third-order valence-corrected chi connectivity index (χ3v) is 5.33. The molecule has 4 nitrogen and oxygen atoms in total. The highest BCUT2D eigenvalue weighted by Gasteiger charge is 2.20. The summed E-state index contributed by atoms with van der Waals surface area (Å²) in [4.78, 5) is 19.6. The fraction of sp³-hybridized carbons (Fsp3) is 0.364. The average molecular weight is 347 g/mol. The maximum atomic E-state index is 12.9. The Balaban J connectivity index is 1.83. The molecule has 0 unspecified atom stereocenters. The van der Waals surface area contributed by atoms with Crippen molar-refractivity contribution in [1.82, 2.24) is 14.3 Å². The van der Waals surface area contributed by atoms with E-state index in [0.717, 1.165) is 48.5 Å². The number of likely N-dealkylation sites (tertiary alicyclic amines) is 1. The molecule has 3 heterocycles. The first-order valence-corrected chi connectivity index (χ1v) is 9.40. The summed E-state index contributed by atoms with van der Waals surface area (Å²) in [5.74, 6) is 0.130. The Morgan fingerprint density at radius 2 is 1.77 bits per heavy atom. The fourth-order valence-electron chi connectivity index (χ4n) is 3.88. The second-order valence-electron chi connectivity index (χ2n) is 7.36. The van der Waals surface area contributed by atoms with Crippen molar-refractivity contribution < 1.29 is 4.79 Å². The number of hydrogen-bond acceptors (Lipinski definition) is 2. The first-order valence-electron chi connectivity index (χ1n) is 9.40. The monoisotopic (exact) mass is 347 g/mol. The van der Waals surface area contributed by atoms with Crippen LogP contribution < -0.4 is 0 Å². The molecule has 0 saturated carbocycles. The molecule has 2 aromatic heterocycles. The number of aryl methyl sites for hydroxylation is 3. The summed E-state index contributed by atoms with van der Waals surface area (Å²) >= 11 is 0. The van der Waals surface area contributed by atoms with Crippen LogP contribution in [0.5, 0.6) is 0 Å². The number of piperidine rings is 1. The minimum Gasteiger partial charge on any atom is -0.339 e. The van der Waals surface area contributed by atoms with Crippen LogP contribution in [0.3, 0.4) is 0 Å².